The van der Waals surface area contributed by atoms with Crippen LogP contribution in [0.25, 0.3) is 0 Å². The third-order valence-electron chi connectivity index (χ3n) is 2.76. The molecule has 0 aromatic heterocycles. The lowest BCUT2D eigenvalue weighted by Crippen LogP contribution is -2.68. The minimum Gasteiger partial charge on any atom is -0.262 e. The SMILES string of the molecule is CCCC[N+](C)(C)C(F)(F)C(F)(F)C(C)(F)F. The van der Waals surface area contributed by atoms with Gasteiger partial charge in [0.2, 0.25) is 0 Å². The molecule has 1 nitrogen and oxygen atoms in total. The molecule has 0 aliphatic rings. The molecule has 0 amide bonds. The van der Waals surface area contributed by atoms with Crippen LogP contribution in [0.5, 0.6) is 0 Å². The summed E-state index contributed by atoms with van der Waals surface area (Å²) >= 11 is 0. The first-order valence-electron chi connectivity index (χ1n) is 5.28. The molecule has 0 aromatic carbocycles. The summed E-state index contributed by atoms with van der Waals surface area (Å²) < 4.78 is 77.1. The Labute approximate surface area is 97.0 Å². The van der Waals surface area contributed by atoms with E-state index in [1.165, 1.54) is 0 Å². The van der Waals surface area contributed by atoms with Gasteiger partial charge in [-0.1, -0.05) is 13.3 Å². The van der Waals surface area contributed by atoms with Crippen LogP contribution in [0.15, 0.2) is 0 Å². The highest BCUT2D eigenvalue weighted by atomic mass is 19.3. The number of unbranched alkanes of at least 4 members (excludes halogenated alkanes) is 1. The van der Waals surface area contributed by atoms with Crippen LogP contribution in [0, 0.1) is 0 Å². The number of quaternary nitrogens is 1. The quantitative estimate of drug-likeness (QED) is 0.390. The van der Waals surface area contributed by atoms with Gasteiger partial charge in [0.1, 0.15) is 0 Å². The highest BCUT2D eigenvalue weighted by molar-refractivity contribution is 4.88. The van der Waals surface area contributed by atoms with Gasteiger partial charge in [-0.05, 0) is 6.42 Å². The van der Waals surface area contributed by atoms with Crippen LogP contribution in [-0.2, 0) is 0 Å². The predicted molar refractivity (Wildman–Crippen MR) is 52.4 cm³/mol. The Hall–Kier alpha value is -0.460. The molecule has 7 heteroatoms. The van der Waals surface area contributed by atoms with Gasteiger partial charge in [-0.3, -0.25) is 4.48 Å². The topological polar surface area (TPSA) is 0 Å². The summed E-state index contributed by atoms with van der Waals surface area (Å²) in [4.78, 5) is 0. The zero-order valence-electron chi connectivity index (χ0n) is 10.3. The van der Waals surface area contributed by atoms with Crippen LogP contribution in [0.1, 0.15) is 26.7 Å². The van der Waals surface area contributed by atoms with E-state index in [0.29, 0.717) is 6.42 Å². The standard InChI is InChI=1S/C10H18F6N/c1-5-6-7-17(3,4)10(15,16)9(13,14)8(2,11)12/h5-7H2,1-4H3/q+1. The predicted octanol–water partition coefficient (Wildman–Crippen LogP) is 3.75. The molecule has 0 aliphatic carbocycles. The lowest BCUT2D eigenvalue weighted by Gasteiger charge is -2.41. The number of halogens is 6. The maximum absolute atomic E-state index is 13.5. The Bertz CT molecular complexity index is 256. The molecule has 0 aromatic rings. The summed E-state index contributed by atoms with van der Waals surface area (Å²) in [7, 11) is 1.66. The van der Waals surface area contributed by atoms with Gasteiger partial charge >= 0.3 is 17.9 Å². The number of hydrogen-bond donors (Lipinski definition) is 0. The molecular formula is C10H18F6N+. The third-order valence-corrected chi connectivity index (χ3v) is 2.76. The minimum atomic E-state index is -5.38. The molecule has 0 fully saturated rings. The number of hydrogen-bond acceptors (Lipinski definition) is 0. The summed E-state index contributed by atoms with van der Waals surface area (Å²) in [6, 6.07) is -4.82. The van der Waals surface area contributed by atoms with E-state index in [0.717, 1.165) is 14.1 Å². The molecule has 0 N–H and O–H groups in total. The molecule has 0 aliphatic heterocycles. The van der Waals surface area contributed by atoms with Crippen molar-refractivity contribution in [1.82, 2.24) is 0 Å². The van der Waals surface area contributed by atoms with Crippen molar-refractivity contribution in [3.8, 4) is 0 Å². The van der Waals surface area contributed by atoms with Crippen LogP contribution in [0.2, 0.25) is 0 Å². The Morgan fingerprint density at radius 3 is 1.65 bits per heavy atom. The Kier molecular flexibility index (Phi) is 4.54. The van der Waals surface area contributed by atoms with Crippen molar-refractivity contribution in [1.29, 1.82) is 0 Å². The van der Waals surface area contributed by atoms with Gasteiger partial charge in [0.25, 0.3) is 0 Å². The van der Waals surface area contributed by atoms with Crippen molar-refractivity contribution in [2.24, 2.45) is 0 Å². The maximum atomic E-state index is 13.5. The summed E-state index contributed by atoms with van der Waals surface area (Å²) in [6.07, 6.45) is 0.778. The second-order valence-corrected chi connectivity index (χ2v) is 4.77. The Morgan fingerprint density at radius 1 is 0.941 bits per heavy atom. The summed E-state index contributed by atoms with van der Waals surface area (Å²) in [5, 5.41) is 0. The lowest BCUT2D eigenvalue weighted by atomic mass is 10.1. The fraction of sp³-hybridized carbons (Fsp3) is 1.00. The van der Waals surface area contributed by atoms with Gasteiger partial charge in [-0.2, -0.15) is 17.6 Å². The van der Waals surface area contributed by atoms with E-state index in [4.69, 9.17) is 0 Å². The highest BCUT2D eigenvalue weighted by Gasteiger charge is 2.77. The maximum Gasteiger partial charge on any atom is 0.461 e. The van der Waals surface area contributed by atoms with Gasteiger partial charge in [0, 0.05) is 6.92 Å². The van der Waals surface area contributed by atoms with Gasteiger partial charge in [0.05, 0.1) is 20.6 Å². The molecule has 0 rings (SSSR count). The van der Waals surface area contributed by atoms with Crippen LogP contribution < -0.4 is 0 Å². The smallest absolute Gasteiger partial charge is 0.262 e. The second-order valence-electron chi connectivity index (χ2n) is 4.77. The van der Waals surface area contributed by atoms with Crippen molar-refractivity contribution in [3.63, 3.8) is 0 Å². The number of rotatable bonds is 6. The highest BCUT2D eigenvalue weighted by Crippen LogP contribution is 2.48. The van der Waals surface area contributed by atoms with Gasteiger partial charge in [-0.15, -0.1) is 8.78 Å². The summed E-state index contributed by atoms with van der Waals surface area (Å²) in [5.41, 5.74) is 0. The molecule has 0 heterocycles. The third kappa shape index (κ3) is 2.86. The largest absolute Gasteiger partial charge is 0.461 e. The molecule has 0 saturated carbocycles. The van der Waals surface area contributed by atoms with Crippen molar-refractivity contribution in [2.45, 2.75) is 44.6 Å². The second kappa shape index (κ2) is 4.66. The van der Waals surface area contributed by atoms with Crippen molar-refractivity contribution < 1.29 is 30.8 Å². The first-order chi connectivity index (χ1) is 7.31. The first-order valence-corrected chi connectivity index (χ1v) is 5.28. The molecular weight excluding hydrogens is 248 g/mol. The van der Waals surface area contributed by atoms with Crippen LogP contribution in [0.4, 0.5) is 26.3 Å². The number of alkyl halides is 6. The van der Waals surface area contributed by atoms with Gasteiger partial charge in [0.15, 0.2) is 0 Å². The molecule has 0 saturated heterocycles. The van der Waals surface area contributed by atoms with Gasteiger partial charge in [-0.25, -0.2) is 0 Å². The van der Waals surface area contributed by atoms with E-state index in [1.54, 1.807) is 6.92 Å². The van der Waals surface area contributed by atoms with Crippen molar-refractivity contribution in [2.75, 3.05) is 20.6 Å². The van der Waals surface area contributed by atoms with E-state index < -0.39 is 22.4 Å². The molecule has 0 radical (unpaired) electrons. The molecule has 0 unspecified atom stereocenters. The molecule has 0 spiro atoms. The number of nitrogens with zero attached hydrogens (tertiary/aromatic N) is 1. The van der Waals surface area contributed by atoms with Crippen LogP contribution >= 0.6 is 0 Å². The van der Waals surface area contributed by atoms with Crippen LogP contribution in [-0.4, -0.2) is 43.0 Å². The van der Waals surface area contributed by atoms with Gasteiger partial charge < -0.3 is 0 Å². The van der Waals surface area contributed by atoms with Crippen molar-refractivity contribution in [3.05, 3.63) is 0 Å². The normalized spacial score (nSPS) is 15.2. The molecule has 0 atom stereocenters. The fourth-order valence-corrected chi connectivity index (χ4v) is 1.34. The monoisotopic (exact) mass is 266 g/mol. The Balaban J connectivity index is 5.24. The first kappa shape index (κ1) is 16.5. The van der Waals surface area contributed by atoms with E-state index >= 15 is 0 Å². The summed E-state index contributed by atoms with van der Waals surface area (Å²) in [6.45, 7) is 1.21. The average Bonchev–Trinajstić information content (AvgIpc) is 2.12. The molecule has 17 heavy (non-hydrogen) atoms. The van der Waals surface area contributed by atoms with E-state index in [2.05, 4.69) is 0 Å². The lowest BCUT2D eigenvalue weighted by molar-refractivity contribution is -0.990. The average molecular weight is 266 g/mol. The minimum absolute atomic E-state index is 0.194. The van der Waals surface area contributed by atoms with Crippen molar-refractivity contribution >= 4 is 0 Å². The van der Waals surface area contributed by atoms with E-state index in [1.807, 2.05) is 0 Å². The zero-order chi connectivity index (χ0) is 14.1. The zero-order valence-corrected chi connectivity index (χ0v) is 10.3. The fourth-order valence-electron chi connectivity index (χ4n) is 1.34. The van der Waals surface area contributed by atoms with Crippen LogP contribution in [0.3, 0.4) is 0 Å². The molecule has 0 bridgehead atoms. The van der Waals surface area contributed by atoms with E-state index in [-0.39, 0.29) is 19.9 Å². The van der Waals surface area contributed by atoms with E-state index in [9.17, 15) is 26.3 Å². The molecule has 104 valence electrons. The Morgan fingerprint density at radius 2 is 1.35 bits per heavy atom. The summed E-state index contributed by atoms with van der Waals surface area (Å²) in [5.74, 6) is -10.1.